The first-order valence-electron chi connectivity index (χ1n) is 9.12. The SMILES string of the molecule is C=CC1=NCC[N+]1(c1cccc2ccccc12)C(C(=O)O)C(O)(CC(=O)O)C(=O)O. The van der Waals surface area contributed by atoms with Crippen molar-refractivity contribution in [3.05, 3.63) is 55.1 Å². The van der Waals surface area contributed by atoms with E-state index in [1.807, 2.05) is 12.1 Å². The van der Waals surface area contributed by atoms with Gasteiger partial charge in [0.25, 0.3) is 0 Å². The second-order valence-corrected chi connectivity index (χ2v) is 7.08. The number of aliphatic imine (C=N–C) groups is 1. The predicted octanol–water partition coefficient (Wildman–Crippen LogP) is 1.49. The Balaban J connectivity index is 2.42. The van der Waals surface area contributed by atoms with E-state index in [0.717, 1.165) is 5.39 Å². The molecule has 2 aromatic carbocycles. The quantitative estimate of drug-likeness (QED) is 0.480. The number of nitrogens with zero attached hydrogens (tertiary/aromatic N) is 2. The van der Waals surface area contributed by atoms with Crippen molar-refractivity contribution in [1.82, 2.24) is 4.48 Å². The summed E-state index contributed by atoms with van der Waals surface area (Å²) in [6, 6.07) is 10.2. The molecule has 0 aliphatic carbocycles. The zero-order valence-corrected chi connectivity index (χ0v) is 15.9. The van der Waals surface area contributed by atoms with Crippen molar-refractivity contribution in [1.29, 1.82) is 0 Å². The maximum absolute atomic E-state index is 12.5. The summed E-state index contributed by atoms with van der Waals surface area (Å²) in [6.07, 6.45) is 0.0161. The molecule has 3 atom stereocenters. The number of benzene rings is 2. The van der Waals surface area contributed by atoms with Crippen LogP contribution in [-0.4, -0.2) is 68.9 Å². The van der Waals surface area contributed by atoms with Gasteiger partial charge in [0.15, 0.2) is 0 Å². The van der Waals surface area contributed by atoms with Crippen molar-refractivity contribution in [3.8, 4) is 0 Å². The van der Waals surface area contributed by atoms with Crippen LogP contribution in [0.15, 0.2) is 60.1 Å². The first-order valence-corrected chi connectivity index (χ1v) is 9.12. The minimum Gasteiger partial charge on any atom is -0.481 e. The van der Waals surface area contributed by atoms with E-state index in [1.54, 1.807) is 30.3 Å². The van der Waals surface area contributed by atoms with E-state index in [0.29, 0.717) is 11.1 Å². The number of fused-ring (bicyclic) bond motifs is 1. The van der Waals surface area contributed by atoms with Gasteiger partial charge in [0, 0.05) is 17.5 Å². The zero-order valence-electron chi connectivity index (χ0n) is 15.9. The van der Waals surface area contributed by atoms with Gasteiger partial charge in [-0.15, -0.1) is 0 Å². The Morgan fingerprint density at radius 1 is 1.13 bits per heavy atom. The van der Waals surface area contributed by atoms with E-state index in [2.05, 4.69) is 11.6 Å². The standard InChI is InChI=1S/C21H20N2O7/c1-2-16-22-10-11-23(16,15-9-5-7-13-6-3-4-8-14(13)15)18(19(26)27)21(30,20(28)29)12-17(24)25/h2-9,18,30H,1,10-12H2,(H2-,24,25,26,27,28,29)/p+1. The predicted molar refractivity (Wildman–Crippen MR) is 109 cm³/mol. The van der Waals surface area contributed by atoms with Gasteiger partial charge in [-0.25, -0.2) is 19.1 Å². The molecule has 156 valence electrons. The van der Waals surface area contributed by atoms with Crippen molar-refractivity contribution < 1.29 is 34.8 Å². The number of hydrogen-bond donors (Lipinski definition) is 4. The molecule has 1 aliphatic rings. The Kier molecular flexibility index (Phi) is 5.43. The average molecular weight is 413 g/mol. The lowest BCUT2D eigenvalue weighted by molar-refractivity contribution is -0.178. The highest BCUT2D eigenvalue weighted by Gasteiger charge is 2.64. The molecular formula is C21H21N2O7+. The van der Waals surface area contributed by atoms with Crippen molar-refractivity contribution >= 4 is 40.2 Å². The highest BCUT2D eigenvalue weighted by atomic mass is 16.4. The molecule has 30 heavy (non-hydrogen) atoms. The van der Waals surface area contributed by atoms with E-state index in [4.69, 9.17) is 0 Å². The van der Waals surface area contributed by atoms with Crippen LogP contribution in [0.2, 0.25) is 0 Å². The largest absolute Gasteiger partial charge is 0.481 e. The fourth-order valence-electron chi connectivity index (χ4n) is 4.27. The number of amidine groups is 1. The first kappa shape index (κ1) is 21.2. The van der Waals surface area contributed by atoms with Crippen LogP contribution < -0.4 is 4.48 Å². The van der Waals surface area contributed by atoms with Crippen molar-refractivity contribution in [3.63, 3.8) is 0 Å². The lowest BCUT2D eigenvalue weighted by Gasteiger charge is -2.43. The summed E-state index contributed by atoms with van der Waals surface area (Å²) in [5, 5.41) is 41.5. The molecule has 2 aromatic rings. The van der Waals surface area contributed by atoms with Gasteiger partial charge in [-0.3, -0.25) is 4.79 Å². The van der Waals surface area contributed by atoms with Gasteiger partial charge in [0.2, 0.25) is 17.5 Å². The third kappa shape index (κ3) is 3.14. The van der Waals surface area contributed by atoms with Crippen LogP contribution in [0.3, 0.4) is 0 Å². The molecule has 9 heteroatoms. The lowest BCUT2D eigenvalue weighted by Crippen LogP contribution is -2.72. The molecule has 0 spiro atoms. The Labute approximate surface area is 171 Å². The number of hydrogen-bond acceptors (Lipinski definition) is 5. The maximum Gasteiger partial charge on any atom is 0.367 e. The van der Waals surface area contributed by atoms with Crippen LogP contribution in [0.1, 0.15) is 6.42 Å². The van der Waals surface area contributed by atoms with Crippen molar-refractivity contribution in [2.45, 2.75) is 18.1 Å². The molecular weight excluding hydrogens is 392 g/mol. The molecule has 0 aromatic heterocycles. The minimum absolute atomic E-state index is 0.0154. The molecule has 0 amide bonds. The van der Waals surface area contributed by atoms with Crippen LogP contribution in [0, 0.1) is 0 Å². The third-order valence-electron chi connectivity index (χ3n) is 5.43. The second kappa shape index (κ2) is 7.69. The second-order valence-electron chi connectivity index (χ2n) is 7.08. The van der Waals surface area contributed by atoms with E-state index in [1.165, 1.54) is 6.08 Å². The summed E-state index contributed by atoms with van der Waals surface area (Å²) in [5.74, 6) is -5.10. The Bertz CT molecular complexity index is 1070. The molecule has 0 saturated carbocycles. The Morgan fingerprint density at radius 2 is 1.80 bits per heavy atom. The molecule has 0 fully saturated rings. The van der Waals surface area contributed by atoms with Crippen molar-refractivity contribution in [2.75, 3.05) is 13.1 Å². The molecule has 0 saturated heterocycles. The fraction of sp³-hybridized carbons (Fsp3) is 0.238. The first-order chi connectivity index (χ1) is 14.2. The molecule has 4 N–H and O–H groups in total. The summed E-state index contributed by atoms with van der Waals surface area (Å²) in [7, 11) is 0. The molecule has 3 rings (SSSR count). The number of quaternary nitrogens is 1. The Hall–Kier alpha value is -3.56. The summed E-state index contributed by atoms with van der Waals surface area (Å²) in [5.41, 5.74) is -2.72. The average Bonchev–Trinajstić information content (AvgIpc) is 3.10. The van der Waals surface area contributed by atoms with Gasteiger partial charge in [-0.1, -0.05) is 36.9 Å². The van der Waals surface area contributed by atoms with E-state index < -0.39 is 40.5 Å². The smallest absolute Gasteiger partial charge is 0.367 e. The van der Waals surface area contributed by atoms with E-state index in [9.17, 15) is 34.8 Å². The zero-order chi connectivity index (χ0) is 22.1. The van der Waals surface area contributed by atoms with Gasteiger partial charge in [0.1, 0.15) is 12.2 Å². The van der Waals surface area contributed by atoms with Gasteiger partial charge in [0.05, 0.1) is 13.0 Å². The molecule has 0 radical (unpaired) electrons. The van der Waals surface area contributed by atoms with Gasteiger partial charge >= 0.3 is 17.9 Å². The van der Waals surface area contributed by atoms with E-state index in [-0.39, 0.29) is 18.9 Å². The van der Waals surface area contributed by atoms with Crippen molar-refractivity contribution in [2.24, 2.45) is 4.99 Å². The van der Waals surface area contributed by atoms with Crippen LogP contribution in [0.5, 0.6) is 0 Å². The molecule has 1 aliphatic heterocycles. The number of carbonyl (C=O) groups is 3. The highest BCUT2D eigenvalue weighted by molar-refractivity contribution is 6.11. The van der Waals surface area contributed by atoms with Crippen LogP contribution in [-0.2, 0) is 14.4 Å². The monoisotopic (exact) mass is 413 g/mol. The number of carboxylic acids is 3. The summed E-state index contributed by atoms with van der Waals surface area (Å²) in [6.45, 7) is 3.85. The van der Waals surface area contributed by atoms with Gasteiger partial charge in [-0.2, -0.15) is 0 Å². The third-order valence-corrected chi connectivity index (χ3v) is 5.43. The highest BCUT2D eigenvalue weighted by Crippen LogP contribution is 2.41. The van der Waals surface area contributed by atoms with Gasteiger partial charge in [-0.05, 0) is 11.5 Å². The summed E-state index contributed by atoms with van der Waals surface area (Å²) in [4.78, 5) is 40.2. The maximum atomic E-state index is 12.5. The Morgan fingerprint density at radius 3 is 2.40 bits per heavy atom. The molecule has 1 heterocycles. The van der Waals surface area contributed by atoms with Crippen LogP contribution in [0.4, 0.5) is 5.69 Å². The number of carboxylic acid groups (broad SMARTS) is 3. The van der Waals surface area contributed by atoms with Crippen LogP contribution in [0.25, 0.3) is 10.8 Å². The molecule has 9 nitrogen and oxygen atoms in total. The minimum atomic E-state index is -3.11. The van der Waals surface area contributed by atoms with E-state index >= 15 is 0 Å². The number of aliphatic carboxylic acids is 3. The topological polar surface area (TPSA) is 144 Å². The van der Waals surface area contributed by atoms with Gasteiger partial charge < -0.3 is 20.4 Å². The summed E-state index contributed by atoms with van der Waals surface area (Å²) >= 11 is 0. The lowest BCUT2D eigenvalue weighted by atomic mass is 9.86. The number of aliphatic hydroxyl groups is 1. The molecule has 3 unspecified atom stereocenters. The number of rotatable bonds is 8. The van der Waals surface area contributed by atoms with Crippen LogP contribution >= 0.6 is 0 Å². The summed E-state index contributed by atoms with van der Waals surface area (Å²) < 4.78 is -0.670. The molecule has 0 bridgehead atoms. The fourth-order valence-corrected chi connectivity index (χ4v) is 4.27. The normalized spacial score (nSPS) is 21.4.